The van der Waals surface area contributed by atoms with Crippen LogP contribution >= 0.6 is 0 Å². The smallest absolute Gasteiger partial charge is 0.0702 e. The zero-order valence-electron chi connectivity index (χ0n) is 7.89. The largest absolute Gasteiger partial charge is 0.392 e. The number of aromatic nitrogens is 1. The SMILES string of the molecule is Cc1ccc2c(CO)c[nH]c2c1C. The number of benzene rings is 1. The van der Waals surface area contributed by atoms with Crippen molar-refractivity contribution in [2.75, 3.05) is 0 Å². The number of H-pyrrole nitrogens is 1. The summed E-state index contributed by atoms with van der Waals surface area (Å²) in [5.74, 6) is 0. The third kappa shape index (κ3) is 1.14. The third-order valence-corrected chi connectivity index (χ3v) is 2.64. The molecule has 68 valence electrons. The Labute approximate surface area is 77.2 Å². The minimum atomic E-state index is 0.0997. The predicted molar refractivity (Wildman–Crippen MR) is 53.7 cm³/mol. The van der Waals surface area contributed by atoms with Crippen molar-refractivity contribution in [2.45, 2.75) is 20.5 Å². The molecular formula is C11H13NO. The first kappa shape index (κ1) is 8.32. The van der Waals surface area contributed by atoms with E-state index in [1.54, 1.807) is 0 Å². The molecule has 0 aliphatic heterocycles. The van der Waals surface area contributed by atoms with Crippen molar-refractivity contribution in [3.05, 3.63) is 35.0 Å². The van der Waals surface area contributed by atoms with E-state index in [2.05, 4.69) is 31.0 Å². The van der Waals surface area contributed by atoms with Gasteiger partial charge in [0.25, 0.3) is 0 Å². The molecule has 0 unspecified atom stereocenters. The fourth-order valence-electron chi connectivity index (χ4n) is 1.64. The molecule has 2 N–H and O–H groups in total. The molecule has 2 aromatic rings. The van der Waals surface area contributed by atoms with E-state index in [0.717, 1.165) is 16.5 Å². The first-order chi connectivity index (χ1) is 6.24. The lowest BCUT2D eigenvalue weighted by Crippen LogP contribution is -1.83. The quantitative estimate of drug-likeness (QED) is 0.685. The highest BCUT2D eigenvalue weighted by Crippen LogP contribution is 2.23. The maximum Gasteiger partial charge on any atom is 0.0702 e. The van der Waals surface area contributed by atoms with Crippen LogP contribution in [0.25, 0.3) is 10.9 Å². The van der Waals surface area contributed by atoms with Crippen molar-refractivity contribution in [3.63, 3.8) is 0 Å². The van der Waals surface area contributed by atoms with E-state index in [1.807, 2.05) is 6.20 Å². The lowest BCUT2D eigenvalue weighted by Gasteiger charge is -2.01. The topological polar surface area (TPSA) is 36.0 Å². The minimum Gasteiger partial charge on any atom is -0.392 e. The van der Waals surface area contributed by atoms with Gasteiger partial charge in [0.2, 0.25) is 0 Å². The fourth-order valence-corrected chi connectivity index (χ4v) is 1.64. The second-order valence-corrected chi connectivity index (χ2v) is 3.40. The van der Waals surface area contributed by atoms with Gasteiger partial charge in [-0.25, -0.2) is 0 Å². The molecule has 0 saturated carbocycles. The number of nitrogens with one attached hydrogen (secondary N) is 1. The highest BCUT2D eigenvalue weighted by Gasteiger charge is 2.05. The van der Waals surface area contributed by atoms with Crippen molar-refractivity contribution in [3.8, 4) is 0 Å². The van der Waals surface area contributed by atoms with E-state index in [4.69, 9.17) is 5.11 Å². The first-order valence-electron chi connectivity index (χ1n) is 4.41. The van der Waals surface area contributed by atoms with Crippen LogP contribution in [0.4, 0.5) is 0 Å². The number of hydrogen-bond acceptors (Lipinski definition) is 1. The average molecular weight is 175 g/mol. The van der Waals surface area contributed by atoms with E-state index in [1.165, 1.54) is 11.1 Å². The molecule has 0 saturated heterocycles. The molecule has 0 bridgehead atoms. The second kappa shape index (κ2) is 2.89. The number of aliphatic hydroxyl groups excluding tert-OH is 1. The monoisotopic (exact) mass is 175 g/mol. The van der Waals surface area contributed by atoms with Crippen LogP contribution < -0.4 is 0 Å². The molecule has 1 aromatic carbocycles. The Morgan fingerprint density at radius 3 is 2.77 bits per heavy atom. The molecule has 0 spiro atoms. The summed E-state index contributed by atoms with van der Waals surface area (Å²) in [6.07, 6.45) is 1.87. The fraction of sp³-hybridized carbons (Fsp3) is 0.273. The Hall–Kier alpha value is -1.28. The van der Waals surface area contributed by atoms with Crippen LogP contribution in [-0.2, 0) is 6.61 Å². The molecule has 0 fully saturated rings. The van der Waals surface area contributed by atoms with Crippen LogP contribution in [0.2, 0.25) is 0 Å². The summed E-state index contributed by atoms with van der Waals surface area (Å²) in [5, 5.41) is 10.2. The van der Waals surface area contributed by atoms with Crippen LogP contribution in [-0.4, -0.2) is 10.1 Å². The molecule has 1 heterocycles. The summed E-state index contributed by atoms with van der Waals surface area (Å²) in [6, 6.07) is 4.14. The summed E-state index contributed by atoms with van der Waals surface area (Å²) in [7, 11) is 0. The summed E-state index contributed by atoms with van der Waals surface area (Å²) in [6.45, 7) is 4.28. The molecule has 13 heavy (non-hydrogen) atoms. The van der Waals surface area contributed by atoms with Crippen LogP contribution in [0.15, 0.2) is 18.3 Å². The Bertz CT molecular complexity index is 443. The lowest BCUT2D eigenvalue weighted by molar-refractivity contribution is 0.283. The van der Waals surface area contributed by atoms with E-state index < -0.39 is 0 Å². The van der Waals surface area contributed by atoms with Gasteiger partial charge in [-0.15, -0.1) is 0 Å². The van der Waals surface area contributed by atoms with Crippen LogP contribution in [0, 0.1) is 13.8 Å². The van der Waals surface area contributed by atoms with Gasteiger partial charge in [0.1, 0.15) is 0 Å². The predicted octanol–water partition coefficient (Wildman–Crippen LogP) is 2.28. The Morgan fingerprint density at radius 1 is 1.31 bits per heavy atom. The molecule has 0 aliphatic carbocycles. The molecule has 0 aliphatic rings. The highest BCUT2D eigenvalue weighted by molar-refractivity contribution is 5.86. The maximum absolute atomic E-state index is 9.06. The average Bonchev–Trinajstić information content (AvgIpc) is 2.55. The molecular weight excluding hydrogens is 162 g/mol. The van der Waals surface area contributed by atoms with Gasteiger partial charge in [-0.3, -0.25) is 0 Å². The number of aryl methyl sites for hydroxylation is 2. The van der Waals surface area contributed by atoms with Crippen molar-refractivity contribution >= 4 is 10.9 Å². The van der Waals surface area contributed by atoms with Crippen molar-refractivity contribution in [1.82, 2.24) is 4.98 Å². The van der Waals surface area contributed by atoms with Gasteiger partial charge in [-0.05, 0) is 25.0 Å². The Kier molecular flexibility index (Phi) is 1.85. The Morgan fingerprint density at radius 2 is 2.08 bits per heavy atom. The number of rotatable bonds is 1. The van der Waals surface area contributed by atoms with Gasteiger partial charge in [-0.1, -0.05) is 12.1 Å². The maximum atomic E-state index is 9.06. The van der Waals surface area contributed by atoms with Crippen molar-refractivity contribution in [2.24, 2.45) is 0 Å². The summed E-state index contributed by atoms with van der Waals surface area (Å²) < 4.78 is 0. The molecule has 2 heteroatoms. The van der Waals surface area contributed by atoms with Gasteiger partial charge < -0.3 is 10.1 Å². The molecule has 0 radical (unpaired) electrons. The molecule has 1 aromatic heterocycles. The van der Waals surface area contributed by atoms with Crippen molar-refractivity contribution < 1.29 is 5.11 Å². The minimum absolute atomic E-state index is 0.0997. The van der Waals surface area contributed by atoms with Gasteiger partial charge in [-0.2, -0.15) is 0 Å². The third-order valence-electron chi connectivity index (χ3n) is 2.64. The number of aliphatic hydroxyl groups is 1. The summed E-state index contributed by atoms with van der Waals surface area (Å²) in [5.41, 5.74) is 4.65. The molecule has 0 atom stereocenters. The summed E-state index contributed by atoms with van der Waals surface area (Å²) in [4.78, 5) is 3.19. The molecule has 2 rings (SSSR count). The molecule has 2 nitrogen and oxygen atoms in total. The van der Waals surface area contributed by atoms with Gasteiger partial charge in [0, 0.05) is 22.7 Å². The first-order valence-corrected chi connectivity index (χ1v) is 4.41. The van der Waals surface area contributed by atoms with Crippen LogP contribution in [0.1, 0.15) is 16.7 Å². The van der Waals surface area contributed by atoms with Crippen LogP contribution in [0.3, 0.4) is 0 Å². The number of hydrogen-bond donors (Lipinski definition) is 2. The number of aromatic amines is 1. The highest BCUT2D eigenvalue weighted by atomic mass is 16.3. The summed E-state index contributed by atoms with van der Waals surface area (Å²) >= 11 is 0. The van der Waals surface area contributed by atoms with E-state index in [9.17, 15) is 0 Å². The zero-order valence-corrected chi connectivity index (χ0v) is 7.89. The molecule has 0 amide bonds. The lowest BCUT2D eigenvalue weighted by atomic mass is 10.1. The zero-order chi connectivity index (χ0) is 9.42. The van der Waals surface area contributed by atoms with Gasteiger partial charge in [0.15, 0.2) is 0 Å². The van der Waals surface area contributed by atoms with Gasteiger partial charge in [0.05, 0.1) is 6.61 Å². The van der Waals surface area contributed by atoms with E-state index in [0.29, 0.717) is 0 Å². The Balaban J connectivity index is 2.81. The van der Waals surface area contributed by atoms with Crippen LogP contribution in [0.5, 0.6) is 0 Å². The second-order valence-electron chi connectivity index (χ2n) is 3.40. The van der Waals surface area contributed by atoms with E-state index >= 15 is 0 Å². The van der Waals surface area contributed by atoms with Gasteiger partial charge >= 0.3 is 0 Å². The van der Waals surface area contributed by atoms with E-state index in [-0.39, 0.29) is 6.61 Å². The number of fused-ring (bicyclic) bond motifs is 1. The normalized spacial score (nSPS) is 11.0. The standard InChI is InChI=1S/C11H13NO/c1-7-3-4-10-9(6-13)5-12-11(10)8(7)2/h3-5,12-13H,6H2,1-2H3. The van der Waals surface area contributed by atoms with Crippen molar-refractivity contribution in [1.29, 1.82) is 0 Å².